The van der Waals surface area contributed by atoms with Crippen LogP contribution in [0.4, 0.5) is 0 Å². The monoisotopic (exact) mass is 127 g/mol. The van der Waals surface area contributed by atoms with Gasteiger partial charge in [-0.15, -0.1) is 5.76 Å². The fraction of sp³-hybridized carbons (Fsp3) is 0.571. The molecule has 0 aromatic rings. The van der Waals surface area contributed by atoms with Gasteiger partial charge in [0, 0.05) is 6.42 Å². The maximum atomic E-state index is 10.5. The molecule has 0 aliphatic rings. The molecule has 0 aromatic heterocycles. The van der Waals surface area contributed by atoms with Crippen LogP contribution in [-0.4, -0.2) is 5.78 Å². The molecule has 0 saturated heterocycles. The van der Waals surface area contributed by atoms with Crippen LogP contribution in [0.25, 0.3) is 0 Å². The molecule has 0 aliphatic heterocycles. The summed E-state index contributed by atoms with van der Waals surface area (Å²) in [6.45, 7) is 3.48. The molecule has 2 heteroatoms. The Morgan fingerprint density at radius 2 is 2.00 bits per heavy atom. The largest absolute Gasteiger partial charge is 0.875 e. The molecular weight excluding hydrogens is 116 g/mol. The van der Waals surface area contributed by atoms with Crippen LogP contribution in [0.15, 0.2) is 11.8 Å². The summed E-state index contributed by atoms with van der Waals surface area (Å²) in [7, 11) is 0. The quantitative estimate of drug-likeness (QED) is 0.412. The van der Waals surface area contributed by atoms with E-state index in [0.29, 0.717) is 12.8 Å². The number of hydrogen-bond acceptors (Lipinski definition) is 2. The Hall–Kier alpha value is -0.790. The van der Waals surface area contributed by atoms with Gasteiger partial charge in [0.2, 0.25) is 0 Å². The third kappa shape index (κ3) is 3.76. The van der Waals surface area contributed by atoms with E-state index in [4.69, 9.17) is 0 Å². The minimum Gasteiger partial charge on any atom is -0.875 e. The Bertz CT molecular complexity index is 125. The summed E-state index contributed by atoms with van der Waals surface area (Å²) in [6.07, 6.45) is 2.01. The van der Waals surface area contributed by atoms with Crippen molar-refractivity contribution in [2.45, 2.75) is 26.7 Å². The highest BCUT2D eigenvalue weighted by molar-refractivity contribution is 5.89. The number of carbonyl (C=O) groups excluding carboxylic acids is 1. The highest BCUT2D eigenvalue weighted by atomic mass is 16.3. The highest BCUT2D eigenvalue weighted by Crippen LogP contribution is 1.91. The van der Waals surface area contributed by atoms with Crippen molar-refractivity contribution in [1.82, 2.24) is 0 Å². The van der Waals surface area contributed by atoms with Gasteiger partial charge >= 0.3 is 0 Å². The highest BCUT2D eigenvalue weighted by Gasteiger charge is 1.87. The van der Waals surface area contributed by atoms with E-state index in [1.165, 1.54) is 6.08 Å². The molecule has 0 fully saturated rings. The van der Waals surface area contributed by atoms with E-state index in [-0.39, 0.29) is 11.5 Å². The van der Waals surface area contributed by atoms with E-state index < -0.39 is 0 Å². The van der Waals surface area contributed by atoms with Crippen LogP contribution in [0, 0.1) is 0 Å². The number of carbonyl (C=O) groups is 1. The van der Waals surface area contributed by atoms with Gasteiger partial charge < -0.3 is 5.11 Å². The second-order valence-corrected chi connectivity index (χ2v) is 1.78. The summed E-state index contributed by atoms with van der Waals surface area (Å²) in [5.41, 5.74) is 0. The van der Waals surface area contributed by atoms with Crippen LogP contribution >= 0.6 is 0 Å². The molecule has 0 N–H and O–H groups in total. The Labute approximate surface area is 55.2 Å². The number of allylic oxidation sites excluding steroid dienone is 2. The summed E-state index contributed by atoms with van der Waals surface area (Å²) in [4.78, 5) is 10.5. The second kappa shape index (κ2) is 4.13. The summed E-state index contributed by atoms with van der Waals surface area (Å²) in [6, 6.07) is 0. The third-order valence-corrected chi connectivity index (χ3v) is 1.02. The molecule has 0 saturated carbocycles. The van der Waals surface area contributed by atoms with E-state index in [9.17, 15) is 9.90 Å². The lowest BCUT2D eigenvalue weighted by Gasteiger charge is -2.05. The van der Waals surface area contributed by atoms with Gasteiger partial charge in [-0.2, -0.15) is 0 Å². The maximum absolute atomic E-state index is 10.5. The summed E-state index contributed by atoms with van der Waals surface area (Å²) in [5, 5.41) is 10.5. The van der Waals surface area contributed by atoms with E-state index in [0.717, 1.165) is 0 Å². The molecule has 9 heavy (non-hydrogen) atoms. The summed E-state index contributed by atoms with van der Waals surface area (Å²) < 4.78 is 0. The molecule has 0 atom stereocenters. The van der Waals surface area contributed by atoms with Gasteiger partial charge in [0.1, 0.15) is 0 Å². The average molecular weight is 127 g/mol. The van der Waals surface area contributed by atoms with Gasteiger partial charge in [-0.25, -0.2) is 0 Å². The Kier molecular flexibility index (Phi) is 3.76. The van der Waals surface area contributed by atoms with Crippen molar-refractivity contribution >= 4 is 5.78 Å². The summed E-state index contributed by atoms with van der Waals surface area (Å²) in [5.74, 6) is -0.163. The number of ketones is 1. The minimum atomic E-state index is -0.0816. The second-order valence-electron chi connectivity index (χ2n) is 1.78. The van der Waals surface area contributed by atoms with Gasteiger partial charge in [-0.3, -0.25) is 4.79 Å². The first kappa shape index (κ1) is 8.21. The Morgan fingerprint density at radius 3 is 2.33 bits per heavy atom. The fourth-order valence-corrected chi connectivity index (χ4v) is 0.384. The SMILES string of the molecule is CCC(=O)/C=C(\[O-])CC. The molecule has 0 unspecified atom stereocenters. The molecule has 0 amide bonds. The van der Waals surface area contributed by atoms with E-state index in [1.54, 1.807) is 13.8 Å². The fourth-order valence-electron chi connectivity index (χ4n) is 0.384. The van der Waals surface area contributed by atoms with Crippen LogP contribution in [0.3, 0.4) is 0 Å². The lowest BCUT2D eigenvalue weighted by atomic mass is 10.2. The molecule has 0 spiro atoms. The van der Waals surface area contributed by atoms with Crippen molar-refractivity contribution in [2.24, 2.45) is 0 Å². The van der Waals surface area contributed by atoms with Crippen molar-refractivity contribution in [3.05, 3.63) is 11.8 Å². The van der Waals surface area contributed by atoms with E-state index >= 15 is 0 Å². The predicted octanol–water partition coefficient (Wildman–Crippen LogP) is 0.620. The smallest absolute Gasteiger partial charge is 0.154 e. The molecule has 0 aromatic carbocycles. The summed E-state index contributed by atoms with van der Waals surface area (Å²) >= 11 is 0. The van der Waals surface area contributed by atoms with Gasteiger partial charge in [0.25, 0.3) is 0 Å². The molecule has 0 heterocycles. The standard InChI is InChI=1S/C7H12O2/c1-3-6(8)5-7(9)4-2/h5,8H,3-4H2,1-2H3/p-1/b6-5-. The maximum Gasteiger partial charge on any atom is 0.154 e. The Balaban J connectivity index is 3.79. The molecule has 0 rings (SSSR count). The molecule has 2 nitrogen and oxygen atoms in total. The molecular formula is C7H11O2-. The van der Waals surface area contributed by atoms with Gasteiger partial charge in [-0.05, 0) is 12.5 Å². The van der Waals surface area contributed by atoms with Crippen molar-refractivity contribution in [3.8, 4) is 0 Å². The topological polar surface area (TPSA) is 40.1 Å². The molecule has 0 radical (unpaired) electrons. The average Bonchev–Trinajstić information content (AvgIpc) is 1.87. The lowest BCUT2D eigenvalue weighted by molar-refractivity contribution is -0.306. The minimum absolute atomic E-state index is 0.0816. The van der Waals surface area contributed by atoms with Crippen molar-refractivity contribution in [1.29, 1.82) is 0 Å². The van der Waals surface area contributed by atoms with Crippen molar-refractivity contribution in [2.75, 3.05) is 0 Å². The zero-order chi connectivity index (χ0) is 7.28. The first-order valence-electron chi connectivity index (χ1n) is 3.11. The third-order valence-electron chi connectivity index (χ3n) is 1.02. The van der Waals surface area contributed by atoms with E-state index in [2.05, 4.69) is 0 Å². The van der Waals surface area contributed by atoms with Gasteiger partial charge in [0.15, 0.2) is 5.78 Å². The normalized spacial score (nSPS) is 11.6. The first-order valence-corrected chi connectivity index (χ1v) is 3.11. The predicted molar refractivity (Wildman–Crippen MR) is 33.7 cm³/mol. The van der Waals surface area contributed by atoms with E-state index in [1.807, 2.05) is 0 Å². The molecule has 0 aliphatic carbocycles. The van der Waals surface area contributed by atoms with Gasteiger partial charge in [0.05, 0.1) is 0 Å². The number of hydrogen-bond donors (Lipinski definition) is 0. The van der Waals surface area contributed by atoms with Gasteiger partial charge in [-0.1, -0.05) is 13.8 Å². The zero-order valence-electron chi connectivity index (χ0n) is 5.81. The van der Waals surface area contributed by atoms with Crippen molar-refractivity contribution < 1.29 is 9.90 Å². The van der Waals surface area contributed by atoms with Crippen LogP contribution in [-0.2, 0) is 4.79 Å². The first-order chi connectivity index (χ1) is 4.20. The zero-order valence-corrected chi connectivity index (χ0v) is 5.81. The molecule has 52 valence electrons. The van der Waals surface area contributed by atoms with Crippen LogP contribution in [0.2, 0.25) is 0 Å². The Morgan fingerprint density at radius 1 is 1.44 bits per heavy atom. The van der Waals surface area contributed by atoms with Crippen molar-refractivity contribution in [3.63, 3.8) is 0 Å². The lowest BCUT2D eigenvalue weighted by Crippen LogP contribution is -2.04. The number of rotatable bonds is 3. The van der Waals surface area contributed by atoms with Crippen LogP contribution < -0.4 is 5.11 Å². The van der Waals surface area contributed by atoms with Crippen LogP contribution in [0.5, 0.6) is 0 Å². The molecule has 0 bridgehead atoms. The van der Waals surface area contributed by atoms with Crippen LogP contribution in [0.1, 0.15) is 26.7 Å².